The van der Waals surface area contributed by atoms with Crippen molar-refractivity contribution in [3.8, 4) is 17.6 Å². The van der Waals surface area contributed by atoms with Crippen LogP contribution in [0.2, 0.25) is 0 Å². The van der Waals surface area contributed by atoms with E-state index in [0.717, 1.165) is 37.4 Å². The fourth-order valence-corrected chi connectivity index (χ4v) is 4.40. The molecule has 1 saturated heterocycles. The minimum absolute atomic E-state index is 0.00607. The maximum absolute atomic E-state index is 13.0. The third kappa shape index (κ3) is 3.79. The lowest BCUT2D eigenvalue weighted by Gasteiger charge is -2.39. The molecule has 4 rings (SSSR count). The van der Waals surface area contributed by atoms with Gasteiger partial charge in [0.25, 0.3) is 5.91 Å². The first kappa shape index (κ1) is 19.3. The van der Waals surface area contributed by atoms with Gasteiger partial charge in [-0.05, 0) is 48.7 Å². The van der Waals surface area contributed by atoms with Gasteiger partial charge in [-0.15, -0.1) is 0 Å². The van der Waals surface area contributed by atoms with Crippen LogP contribution >= 0.6 is 0 Å². The maximum Gasteiger partial charge on any atom is 0.264 e. The van der Waals surface area contributed by atoms with E-state index in [0.29, 0.717) is 18.8 Å². The summed E-state index contributed by atoms with van der Waals surface area (Å²) in [5, 5.41) is 8.99. The number of rotatable bonds is 5. The molecule has 1 spiro atoms. The van der Waals surface area contributed by atoms with E-state index >= 15 is 0 Å². The number of hydrogen-bond acceptors (Lipinski definition) is 5. The number of amides is 1. The zero-order valence-corrected chi connectivity index (χ0v) is 16.6. The number of para-hydroxylation sites is 1. The van der Waals surface area contributed by atoms with Crippen molar-refractivity contribution in [1.29, 1.82) is 5.26 Å². The van der Waals surface area contributed by atoms with E-state index < -0.39 is 0 Å². The van der Waals surface area contributed by atoms with Gasteiger partial charge in [0, 0.05) is 30.7 Å². The molecule has 1 amide bonds. The van der Waals surface area contributed by atoms with Gasteiger partial charge in [-0.3, -0.25) is 9.69 Å². The molecular weight excluding hydrogens is 366 g/mol. The average molecular weight is 391 g/mol. The molecule has 0 bridgehead atoms. The van der Waals surface area contributed by atoms with Crippen LogP contribution in [0.15, 0.2) is 48.5 Å². The number of fused-ring (bicyclic) bond motifs is 2. The Morgan fingerprint density at radius 3 is 2.59 bits per heavy atom. The molecule has 6 nitrogen and oxygen atoms in total. The lowest BCUT2D eigenvalue weighted by Crippen LogP contribution is -2.46. The first-order valence-electron chi connectivity index (χ1n) is 9.91. The Hall–Kier alpha value is -3.04. The van der Waals surface area contributed by atoms with E-state index in [2.05, 4.69) is 17.0 Å². The van der Waals surface area contributed by atoms with Crippen LogP contribution in [0.3, 0.4) is 0 Å². The number of carbonyl (C=O) groups excluding carboxylic acids is 1. The zero-order valence-electron chi connectivity index (χ0n) is 16.6. The number of nitrogens with zero attached hydrogens (tertiary/aromatic N) is 3. The van der Waals surface area contributed by atoms with Crippen molar-refractivity contribution in [3.63, 3.8) is 0 Å². The van der Waals surface area contributed by atoms with Crippen molar-refractivity contribution in [3.05, 3.63) is 54.1 Å². The normalized spacial score (nSPS) is 17.6. The summed E-state index contributed by atoms with van der Waals surface area (Å²) in [6, 6.07) is 17.6. The van der Waals surface area contributed by atoms with Gasteiger partial charge < -0.3 is 14.4 Å². The van der Waals surface area contributed by atoms with Crippen molar-refractivity contribution in [2.24, 2.45) is 0 Å². The molecule has 2 heterocycles. The van der Waals surface area contributed by atoms with Crippen LogP contribution in [0.4, 0.5) is 5.69 Å². The molecule has 0 atom stereocenters. The molecule has 2 aliphatic rings. The number of piperidine rings is 1. The molecular formula is C23H25N3O3. The highest BCUT2D eigenvalue weighted by Gasteiger charge is 2.46. The predicted octanol–water partition coefficient (Wildman–Crippen LogP) is 2.98. The smallest absolute Gasteiger partial charge is 0.264 e. The fraction of sp³-hybridized carbons (Fsp3) is 0.391. The van der Waals surface area contributed by atoms with Crippen LogP contribution in [-0.4, -0.2) is 50.7 Å². The summed E-state index contributed by atoms with van der Waals surface area (Å²) in [7, 11) is 1.66. The Kier molecular flexibility index (Phi) is 5.41. The lowest BCUT2D eigenvalue weighted by atomic mass is 9.74. The molecule has 0 N–H and O–H groups in total. The fourth-order valence-electron chi connectivity index (χ4n) is 4.40. The summed E-state index contributed by atoms with van der Waals surface area (Å²) in [4.78, 5) is 17.1. The van der Waals surface area contributed by atoms with E-state index in [-0.39, 0.29) is 17.9 Å². The molecule has 0 saturated carbocycles. The quantitative estimate of drug-likeness (QED) is 0.733. The highest BCUT2D eigenvalue weighted by Crippen LogP contribution is 2.48. The summed E-state index contributed by atoms with van der Waals surface area (Å²) >= 11 is 0. The maximum atomic E-state index is 13.0. The van der Waals surface area contributed by atoms with Crippen LogP contribution in [0.1, 0.15) is 18.4 Å². The van der Waals surface area contributed by atoms with Gasteiger partial charge in [-0.25, -0.2) is 0 Å². The van der Waals surface area contributed by atoms with E-state index in [9.17, 15) is 4.79 Å². The standard InChI is InChI=1S/C23H25N3O3/c1-28-19-7-8-21-20(15-19)23(9-12-25(13-10-23)14-11-24)17-26(21)22(27)16-29-18-5-3-2-4-6-18/h2-8,15H,9-10,12-14,16-17H2,1H3. The second-order valence-corrected chi connectivity index (χ2v) is 7.68. The molecule has 6 heteroatoms. The van der Waals surface area contributed by atoms with Crippen molar-refractivity contribution < 1.29 is 14.3 Å². The van der Waals surface area contributed by atoms with Crippen LogP contribution in [0.5, 0.6) is 11.5 Å². The Morgan fingerprint density at radius 2 is 1.90 bits per heavy atom. The molecule has 2 aromatic rings. The SMILES string of the molecule is COc1ccc2c(c1)C1(CCN(CC#N)CC1)CN2C(=O)COc1ccccc1. The van der Waals surface area contributed by atoms with Gasteiger partial charge in [0.05, 0.1) is 19.7 Å². The second-order valence-electron chi connectivity index (χ2n) is 7.68. The van der Waals surface area contributed by atoms with Crippen LogP contribution in [0, 0.1) is 11.3 Å². The molecule has 0 aliphatic carbocycles. The Bertz CT molecular complexity index is 915. The van der Waals surface area contributed by atoms with E-state index in [4.69, 9.17) is 14.7 Å². The number of methoxy groups -OCH3 is 1. The highest BCUT2D eigenvalue weighted by molar-refractivity contribution is 5.97. The summed E-state index contributed by atoms with van der Waals surface area (Å²) in [5.74, 6) is 1.45. The molecule has 0 unspecified atom stereocenters. The van der Waals surface area contributed by atoms with Gasteiger partial charge >= 0.3 is 0 Å². The monoisotopic (exact) mass is 391 g/mol. The molecule has 0 radical (unpaired) electrons. The Morgan fingerprint density at radius 1 is 1.14 bits per heavy atom. The number of ether oxygens (including phenoxy) is 2. The number of benzene rings is 2. The average Bonchev–Trinajstić information content (AvgIpc) is 3.08. The molecule has 150 valence electrons. The topological polar surface area (TPSA) is 65.8 Å². The minimum Gasteiger partial charge on any atom is -0.497 e. The third-order valence-corrected chi connectivity index (χ3v) is 6.04. The number of nitriles is 1. The van der Waals surface area contributed by atoms with Crippen LogP contribution in [0.25, 0.3) is 0 Å². The first-order valence-corrected chi connectivity index (χ1v) is 9.91. The summed E-state index contributed by atoms with van der Waals surface area (Å²) in [6.45, 7) is 2.81. The molecule has 2 aliphatic heterocycles. The second kappa shape index (κ2) is 8.14. The van der Waals surface area contributed by atoms with Crippen LogP contribution in [-0.2, 0) is 10.2 Å². The Labute approximate surface area is 171 Å². The van der Waals surface area contributed by atoms with Gasteiger partial charge in [-0.1, -0.05) is 18.2 Å². The third-order valence-electron chi connectivity index (χ3n) is 6.04. The Balaban J connectivity index is 1.56. The summed E-state index contributed by atoms with van der Waals surface area (Å²) in [6.07, 6.45) is 1.83. The number of anilines is 1. The van der Waals surface area contributed by atoms with Gasteiger partial charge in [0.2, 0.25) is 0 Å². The minimum atomic E-state index is -0.0990. The summed E-state index contributed by atoms with van der Waals surface area (Å²) in [5.41, 5.74) is 2.01. The van der Waals surface area contributed by atoms with Crippen molar-refractivity contribution >= 4 is 11.6 Å². The van der Waals surface area contributed by atoms with Gasteiger partial charge in [-0.2, -0.15) is 5.26 Å². The van der Waals surface area contributed by atoms with Crippen molar-refractivity contribution in [1.82, 2.24) is 4.90 Å². The largest absolute Gasteiger partial charge is 0.497 e. The predicted molar refractivity (Wildman–Crippen MR) is 110 cm³/mol. The van der Waals surface area contributed by atoms with Crippen LogP contribution < -0.4 is 14.4 Å². The van der Waals surface area contributed by atoms with E-state index in [1.165, 1.54) is 5.56 Å². The number of likely N-dealkylation sites (tertiary alicyclic amines) is 1. The van der Waals surface area contributed by atoms with E-state index in [1.807, 2.05) is 47.4 Å². The molecule has 0 aromatic heterocycles. The summed E-state index contributed by atoms with van der Waals surface area (Å²) < 4.78 is 11.2. The number of hydrogen-bond donors (Lipinski definition) is 0. The van der Waals surface area contributed by atoms with Crippen molar-refractivity contribution in [2.45, 2.75) is 18.3 Å². The van der Waals surface area contributed by atoms with Crippen molar-refractivity contribution in [2.75, 3.05) is 44.8 Å². The lowest BCUT2D eigenvalue weighted by molar-refractivity contribution is -0.120. The first-order chi connectivity index (χ1) is 14.1. The number of carbonyl (C=O) groups is 1. The molecule has 2 aromatic carbocycles. The van der Waals surface area contributed by atoms with Gasteiger partial charge in [0.15, 0.2) is 6.61 Å². The zero-order chi connectivity index (χ0) is 20.3. The van der Waals surface area contributed by atoms with E-state index in [1.54, 1.807) is 7.11 Å². The molecule has 29 heavy (non-hydrogen) atoms. The molecule has 1 fully saturated rings. The van der Waals surface area contributed by atoms with Gasteiger partial charge in [0.1, 0.15) is 11.5 Å². The highest BCUT2D eigenvalue weighted by atomic mass is 16.5.